The van der Waals surface area contributed by atoms with Crippen molar-refractivity contribution in [2.75, 3.05) is 0 Å². The van der Waals surface area contributed by atoms with E-state index in [1.54, 1.807) is 0 Å². The van der Waals surface area contributed by atoms with Gasteiger partial charge in [0.05, 0.1) is 10.9 Å². The third-order valence-electron chi connectivity index (χ3n) is 2.74. The summed E-state index contributed by atoms with van der Waals surface area (Å²) in [6.07, 6.45) is 1.92. The van der Waals surface area contributed by atoms with Crippen molar-refractivity contribution in [3.63, 3.8) is 0 Å². The maximum atomic E-state index is 6.16. The molecule has 98 valence electrons. The summed E-state index contributed by atoms with van der Waals surface area (Å²) in [5.74, 6) is 1.42. The summed E-state index contributed by atoms with van der Waals surface area (Å²) in [6.45, 7) is 1.98. The van der Waals surface area contributed by atoms with E-state index in [0.29, 0.717) is 22.5 Å². The summed E-state index contributed by atoms with van der Waals surface area (Å²) in [6, 6.07) is 5.64. The molecule has 0 atom stereocenters. The van der Waals surface area contributed by atoms with E-state index in [2.05, 4.69) is 4.98 Å². The number of ether oxygens (including phenoxy) is 1. The fourth-order valence-electron chi connectivity index (χ4n) is 1.81. The second-order valence-corrected chi connectivity index (χ2v) is 5.64. The lowest BCUT2D eigenvalue weighted by Crippen LogP contribution is -1.91. The van der Waals surface area contributed by atoms with E-state index in [1.165, 1.54) is 11.3 Å². The monoisotopic (exact) mass is 312 g/mol. The smallest absolute Gasteiger partial charge is 0.243 e. The Labute approximate surface area is 124 Å². The Morgan fingerprint density at radius 2 is 2.26 bits per heavy atom. The van der Waals surface area contributed by atoms with Crippen LogP contribution in [-0.2, 0) is 5.88 Å². The van der Waals surface area contributed by atoms with E-state index in [4.69, 9.17) is 27.9 Å². The highest BCUT2D eigenvalue weighted by Crippen LogP contribution is 2.33. The van der Waals surface area contributed by atoms with Crippen molar-refractivity contribution in [3.8, 4) is 11.6 Å². The Morgan fingerprint density at radius 1 is 1.42 bits per heavy atom. The molecule has 3 nitrogen and oxygen atoms in total. The van der Waals surface area contributed by atoms with Crippen molar-refractivity contribution in [3.05, 3.63) is 46.1 Å². The van der Waals surface area contributed by atoms with Gasteiger partial charge in [0.1, 0.15) is 11.4 Å². The minimum atomic E-state index is 0.330. The molecular formula is C13H10Cl2N2OS. The maximum Gasteiger partial charge on any atom is 0.243 e. The molecule has 0 amide bonds. The number of alkyl halides is 1. The lowest BCUT2D eigenvalue weighted by atomic mass is 10.2. The van der Waals surface area contributed by atoms with Gasteiger partial charge < -0.3 is 4.74 Å². The summed E-state index contributed by atoms with van der Waals surface area (Å²) in [5.41, 5.74) is 1.91. The summed E-state index contributed by atoms with van der Waals surface area (Å²) in [4.78, 5) is 5.27. The Bertz CT molecular complexity index is 735. The molecule has 6 heteroatoms. The predicted octanol–water partition coefficient (Wildman–Crippen LogP) is 4.89. The molecule has 3 rings (SSSR count). The average Bonchev–Trinajstić information content (AvgIpc) is 2.92. The average molecular weight is 313 g/mol. The Hall–Kier alpha value is -1.23. The quantitative estimate of drug-likeness (QED) is 0.644. The molecular weight excluding hydrogens is 303 g/mol. The van der Waals surface area contributed by atoms with E-state index in [-0.39, 0.29) is 0 Å². The summed E-state index contributed by atoms with van der Waals surface area (Å²) in [7, 11) is 0. The first kappa shape index (κ1) is 12.8. The number of aromatic nitrogens is 2. The molecule has 0 aliphatic carbocycles. The van der Waals surface area contributed by atoms with Crippen LogP contribution in [0.3, 0.4) is 0 Å². The zero-order valence-electron chi connectivity index (χ0n) is 10.1. The number of thiazole rings is 1. The van der Waals surface area contributed by atoms with Crippen LogP contribution in [0.2, 0.25) is 5.02 Å². The molecule has 0 aliphatic heterocycles. The number of nitrogens with zero attached hydrogens (tertiary/aromatic N) is 2. The molecule has 2 aromatic heterocycles. The lowest BCUT2D eigenvalue weighted by Gasteiger charge is -2.06. The van der Waals surface area contributed by atoms with E-state index in [9.17, 15) is 0 Å². The van der Waals surface area contributed by atoms with Crippen LogP contribution in [-0.4, -0.2) is 9.38 Å². The van der Waals surface area contributed by atoms with Crippen LogP contribution >= 0.6 is 34.5 Å². The van der Waals surface area contributed by atoms with Gasteiger partial charge in [-0.05, 0) is 24.6 Å². The molecule has 0 saturated carbocycles. The number of rotatable bonds is 3. The van der Waals surface area contributed by atoms with Crippen LogP contribution in [0.4, 0.5) is 0 Å². The third kappa shape index (κ3) is 2.31. The van der Waals surface area contributed by atoms with Crippen molar-refractivity contribution >= 4 is 39.5 Å². The lowest BCUT2D eigenvalue weighted by molar-refractivity contribution is 0.461. The fraction of sp³-hybridized carbons (Fsp3) is 0.154. The molecule has 2 heterocycles. The first-order valence-corrected chi connectivity index (χ1v) is 7.42. The highest BCUT2D eigenvalue weighted by Gasteiger charge is 2.15. The van der Waals surface area contributed by atoms with Crippen LogP contribution in [0.1, 0.15) is 11.3 Å². The number of benzene rings is 1. The van der Waals surface area contributed by atoms with Crippen LogP contribution in [0.25, 0.3) is 4.96 Å². The van der Waals surface area contributed by atoms with Gasteiger partial charge in [0, 0.05) is 11.6 Å². The van der Waals surface area contributed by atoms with Gasteiger partial charge in [0.2, 0.25) is 5.88 Å². The maximum absolute atomic E-state index is 6.16. The highest BCUT2D eigenvalue weighted by molar-refractivity contribution is 7.15. The molecule has 0 saturated heterocycles. The van der Waals surface area contributed by atoms with Crippen molar-refractivity contribution in [2.45, 2.75) is 12.8 Å². The molecule has 0 fully saturated rings. The number of aryl methyl sites for hydroxylation is 1. The van der Waals surface area contributed by atoms with E-state index in [0.717, 1.165) is 16.2 Å². The Balaban J connectivity index is 2.02. The molecule has 0 N–H and O–H groups in total. The summed E-state index contributed by atoms with van der Waals surface area (Å²) in [5, 5.41) is 2.53. The van der Waals surface area contributed by atoms with Crippen LogP contribution in [0.15, 0.2) is 29.8 Å². The molecule has 3 aromatic rings. The van der Waals surface area contributed by atoms with Crippen molar-refractivity contribution in [1.82, 2.24) is 9.38 Å². The van der Waals surface area contributed by atoms with Gasteiger partial charge in [-0.15, -0.1) is 22.9 Å². The second-order valence-electron chi connectivity index (χ2n) is 4.09. The van der Waals surface area contributed by atoms with Gasteiger partial charge in [-0.1, -0.05) is 17.7 Å². The van der Waals surface area contributed by atoms with Crippen LogP contribution in [0.5, 0.6) is 11.6 Å². The largest absolute Gasteiger partial charge is 0.436 e. The summed E-state index contributed by atoms with van der Waals surface area (Å²) >= 11 is 13.7. The standard InChI is InChI=1S/C13H10Cl2N2OS/c1-8-2-3-11(9(15)6-8)18-12-10(7-14)17-4-5-19-13(17)16-12/h2-6H,7H2,1H3. The molecule has 19 heavy (non-hydrogen) atoms. The SMILES string of the molecule is Cc1ccc(Oc2nc3sccn3c2CCl)c(Cl)c1. The molecule has 1 aromatic carbocycles. The first-order chi connectivity index (χ1) is 9.19. The molecule has 0 bridgehead atoms. The second kappa shape index (κ2) is 5.04. The minimum absolute atomic E-state index is 0.330. The van der Waals surface area contributed by atoms with E-state index >= 15 is 0 Å². The molecule has 0 aliphatic rings. The van der Waals surface area contributed by atoms with E-state index in [1.807, 2.05) is 41.1 Å². The predicted molar refractivity (Wildman–Crippen MR) is 78.9 cm³/mol. The minimum Gasteiger partial charge on any atom is -0.436 e. The number of imidazole rings is 1. The third-order valence-corrected chi connectivity index (χ3v) is 4.05. The number of hydrogen-bond acceptors (Lipinski definition) is 3. The normalized spacial score (nSPS) is 11.1. The van der Waals surface area contributed by atoms with Crippen molar-refractivity contribution in [2.24, 2.45) is 0 Å². The Morgan fingerprint density at radius 3 is 3.00 bits per heavy atom. The number of halogens is 2. The topological polar surface area (TPSA) is 26.5 Å². The van der Waals surface area contributed by atoms with Gasteiger partial charge in [0.25, 0.3) is 0 Å². The van der Waals surface area contributed by atoms with Gasteiger partial charge in [-0.2, -0.15) is 4.98 Å². The van der Waals surface area contributed by atoms with Crippen molar-refractivity contribution in [1.29, 1.82) is 0 Å². The molecule has 0 radical (unpaired) electrons. The van der Waals surface area contributed by atoms with Crippen LogP contribution < -0.4 is 4.74 Å². The van der Waals surface area contributed by atoms with Gasteiger partial charge in [-0.3, -0.25) is 4.40 Å². The van der Waals surface area contributed by atoms with Gasteiger partial charge >= 0.3 is 0 Å². The summed E-state index contributed by atoms with van der Waals surface area (Å²) < 4.78 is 7.71. The Kier molecular flexibility index (Phi) is 3.39. The zero-order valence-corrected chi connectivity index (χ0v) is 12.4. The highest BCUT2D eigenvalue weighted by atomic mass is 35.5. The first-order valence-electron chi connectivity index (χ1n) is 5.63. The fourth-order valence-corrected chi connectivity index (χ4v) is 3.05. The van der Waals surface area contributed by atoms with Crippen molar-refractivity contribution < 1.29 is 4.74 Å². The number of hydrogen-bond donors (Lipinski definition) is 0. The molecule has 0 spiro atoms. The van der Waals surface area contributed by atoms with Crippen LogP contribution in [0, 0.1) is 6.92 Å². The van der Waals surface area contributed by atoms with Gasteiger partial charge in [0.15, 0.2) is 4.96 Å². The van der Waals surface area contributed by atoms with Gasteiger partial charge in [-0.25, -0.2) is 0 Å². The molecule has 0 unspecified atom stereocenters. The van der Waals surface area contributed by atoms with E-state index < -0.39 is 0 Å². The number of fused-ring (bicyclic) bond motifs is 1. The zero-order chi connectivity index (χ0) is 13.4.